The minimum Gasteiger partial charge on any atom is -0.345 e. The van der Waals surface area contributed by atoms with Crippen molar-refractivity contribution in [1.29, 1.82) is 0 Å². The van der Waals surface area contributed by atoms with Gasteiger partial charge >= 0.3 is 0 Å². The molecule has 2 heterocycles. The van der Waals surface area contributed by atoms with Crippen LogP contribution in [0.4, 0.5) is 0 Å². The van der Waals surface area contributed by atoms with E-state index in [4.69, 9.17) is 9.47 Å². The van der Waals surface area contributed by atoms with Crippen LogP contribution >= 0.6 is 11.3 Å². The first kappa shape index (κ1) is 14.4. The molecule has 110 valence electrons. The van der Waals surface area contributed by atoms with Crippen LogP contribution in [-0.4, -0.2) is 19.0 Å². The van der Waals surface area contributed by atoms with E-state index in [1.807, 2.05) is 36.4 Å². The van der Waals surface area contributed by atoms with Gasteiger partial charge in [0.15, 0.2) is 6.29 Å². The number of rotatable bonds is 4. The number of ether oxygens (including phenoxy) is 2. The Labute approximate surface area is 128 Å². The molecule has 0 bridgehead atoms. The van der Waals surface area contributed by atoms with Gasteiger partial charge in [-0.25, -0.2) is 0 Å². The first-order valence-electron chi connectivity index (χ1n) is 7.13. The number of hydrogen-bond donors (Lipinski definition) is 0. The summed E-state index contributed by atoms with van der Waals surface area (Å²) >= 11 is 1.44. The lowest BCUT2D eigenvalue weighted by Crippen LogP contribution is -1.99. The summed E-state index contributed by atoms with van der Waals surface area (Å²) in [7, 11) is 0. The quantitative estimate of drug-likeness (QED) is 0.796. The van der Waals surface area contributed by atoms with E-state index in [0.29, 0.717) is 19.1 Å². The highest BCUT2D eigenvalue weighted by atomic mass is 32.1. The molecule has 21 heavy (non-hydrogen) atoms. The average molecular weight is 302 g/mol. The third-order valence-corrected chi connectivity index (χ3v) is 4.65. The summed E-state index contributed by atoms with van der Waals surface area (Å²) in [5.41, 5.74) is 1.97. The van der Waals surface area contributed by atoms with E-state index in [-0.39, 0.29) is 12.1 Å². The minimum absolute atomic E-state index is 0.0551. The van der Waals surface area contributed by atoms with Gasteiger partial charge in [-0.05, 0) is 23.6 Å². The van der Waals surface area contributed by atoms with Gasteiger partial charge < -0.3 is 9.47 Å². The zero-order valence-electron chi connectivity index (χ0n) is 12.2. The van der Waals surface area contributed by atoms with Crippen LogP contribution in [0.5, 0.6) is 0 Å². The second-order valence-corrected chi connectivity index (χ2v) is 6.50. The molecular formula is C17H18O3S. The molecule has 0 aliphatic carbocycles. The van der Waals surface area contributed by atoms with Crippen LogP contribution in [0.15, 0.2) is 36.4 Å². The van der Waals surface area contributed by atoms with E-state index < -0.39 is 0 Å². The van der Waals surface area contributed by atoms with E-state index >= 15 is 0 Å². The summed E-state index contributed by atoms with van der Waals surface area (Å²) in [6.45, 7) is 5.51. The van der Waals surface area contributed by atoms with Gasteiger partial charge in [0, 0.05) is 5.56 Å². The van der Waals surface area contributed by atoms with Gasteiger partial charge in [-0.3, -0.25) is 4.79 Å². The first-order valence-corrected chi connectivity index (χ1v) is 7.94. The molecule has 1 aromatic carbocycles. The molecule has 0 radical (unpaired) electrons. The Morgan fingerprint density at radius 1 is 1.10 bits per heavy atom. The second kappa shape index (κ2) is 6.10. The fourth-order valence-corrected chi connectivity index (χ4v) is 3.25. The van der Waals surface area contributed by atoms with Crippen LogP contribution in [0.25, 0.3) is 0 Å². The molecule has 3 nitrogen and oxygen atoms in total. The Hall–Kier alpha value is -1.49. The predicted molar refractivity (Wildman–Crippen MR) is 82.9 cm³/mol. The number of benzene rings is 1. The van der Waals surface area contributed by atoms with Gasteiger partial charge in [0.05, 0.1) is 23.0 Å². The molecule has 1 aromatic heterocycles. The van der Waals surface area contributed by atoms with Gasteiger partial charge in [0.25, 0.3) is 0 Å². The van der Waals surface area contributed by atoms with Crippen LogP contribution in [-0.2, 0) is 9.47 Å². The molecule has 0 unspecified atom stereocenters. The number of carbonyl (C=O) groups is 1. The SMILES string of the molecule is CC(C)c1ccc(C(=O)c2ccc(C3OCCO3)s2)cc1. The number of carbonyl (C=O) groups excluding carboxylic acids is 1. The lowest BCUT2D eigenvalue weighted by molar-refractivity contribution is -0.0413. The summed E-state index contributed by atoms with van der Waals surface area (Å²) in [5, 5.41) is 0. The lowest BCUT2D eigenvalue weighted by atomic mass is 10.0. The van der Waals surface area contributed by atoms with Crippen molar-refractivity contribution in [3.05, 3.63) is 57.3 Å². The Morgan fingerprint density at radius 3 is 2.38 bits per heavy atom. The van der Waals surface area contributed by atoms with Crippen molar-refractivity contribution in [2.24, 2.45) is 0 Å². The minimum atomic E-state index is -0.306. The van der Waals surface area contributed by atoms with Crippen LogP contribution in [0.3, 0.4) is 0 Å². The van der Waals surface area contributed by atoms with Gasteiger partial charge in [0.2, 0.25) is 5.78 Å². The Kier molecular flexibility index (Phi) is 4.19. The molecule has 0 amide bonds. The van der Waals surface area contributed by atoms with Crippen molar-refractivity contribution >= 4 is 17.1 Å². The molecule has 1 aliphatic rings. The molecule has 0 saturated carbocycles. The molecule has 1 aliphatic heterocycles. The summed E-state index contributed by atoms with van der Waals surface area (Å²) < 4.78 is 10.9. The lowest BCUT2D eigenvalue weighted by Gasteiger charge is -2.06. The molecule has 0 N–H and O–H groups in total. The predicted octanol–water partition coefficient (Wildman–Crippen LogP) is 4.15. The summed E-state index contributed by atoms with van der Waals surface area (Å²) in [5.74, 6) is 0.527. The van der Waals surface area contributed by atoms with Gasteiger partial charge in [-0.15, -0.1) is 11.3 Å². The molecule has 1 fully saturated rings. The normalized spacial score (nSPS) is 15.8. The van der Waals surface area contributed by atoms with Gasteiger partial charge in [-0.2, -0.15) is 0 Å². The second-order valence-electron chi connectivity index (χ2n) is 5.38. The fraction of sp³-hybridized carbons (Fsp3) is 0.353. The largest absolute Gasteiger partial charge is 0.345 e. The van der Waals surface area contributed by atoms with Gasteiger partial charge in [-0.1, -0.05) is 38.1 Å². The van der Waals surface area contributed by atoms with Crippen LogP contribution in [0.1, 0.15) is 51.7 Å². The average Bonchev–Trinajstić information content (AvgIpc) is 3.17. The van der Waals surface area contributed by atoms with Crippen LogP contribution in [0, 0.1) is 0 Å². The van der Waals surface area contributed by atoms with Crippen molar-refractivity contribution in [2.45, 2.75) is 26.1 Å². The van der Waals surface area contributed by atoms with Gasteiger partial charge in [0.1, 0.15) is 0 Å². The van der Waals surface area contributed by atoms with E-state index in [2.05, 4.69) is 13.8 Å². The monoisotopic (exact) mass is 302 g/mol. The van der Waals surface area contributed by atoms with Crippen molar-refractivity contribution in [2.75, 3.05) is 13.2 Å². The number of hydrogen-bond acceptors (Lipinski definition) is 4. The highest BCUT2D eigenvalue weighted by Gasteiger charge is 2.22. The highest BCUT2D eigenvalue weighted by Crippen LogP contribution is 2.30. The van der Waals surface area contributed by atoms with E-state index in [9.17, 15) is 4.79 Å². The molecule has 3 rings (SSSR count). The standard InChI is InChI=1S/C17H18O3S/c1-11(2)12-3-5-13(6-4-12)16(18)14-7-8-15(21-14)17-19-9-10-20-17/h3-8,11,17H,9-10H2,1-2H3. The Balaban J connectivity index is 1.78. The number of thiophene rings is 1. The molecule has 1 saturated heterocycles. The zero-order chi connectivity index (χ0) is 14.8. The van der Waals surface area contributed by atoms with Crippen LogP contribution in [0.2, 0.25) is 0 Å². The summed E-state index contributed by atoms with van der Waals surface area (Å²) in [6.07, 6.45) is -0.306. The Morgan fingerprint density at radius 2 is 1.76 bits per heavy atom. The highest BCUT2D eigenvalue weighted by molar-refractivity contribution is 7.14. The molecule has 4 heteroatoms. The first-order chi connectivity index (χ1) is 10.1. The van der Waals surface area contributed by atoms with Crippen LogP contribution < -0.4 is 0 Å². The maximum atomic E-state index is 12.5. The third-order valence-electron chi connectivity index (χ3n) is 3.54. The van der Waals surface area contributed by atoms with Crippen molar-refractivity contribution in [1.82, 2.24) is 0 Å². The topological polar surface area (TPSA) is 35.5 Å². The molecule has 0 atom stereocenters. The van der Waals surface area contributed by atoms with Crippen molar-refractivity contribution < 1.29 is 14.3 Å². The summed E-state index contributed by atoms with van der Waals surface area (Å²) in [4.78, 5) is 14.2. The number of ketones is 1. The van der Waals surface area contributed by atoms with E-state index in [1.54, 1.807) is 0 Å². The fourth-order valence-electron chi connectivity index (χ4n) is 2.29. The van der Waals surface area contributed by atoms with E-state index in [1.165, 1.54) is 16.9 Å². The maximum absolute atomic E-state index is 12.5. The zero-order valence-corrected chi connectivity index (χ0v) is 13.0. The third kappa shape index (κ3) is 3.07. The molecule has 0 spiro atoms. The van der Waals surface area contributed by atoms with Crippen molar-refractivity contribution in [3.63, 3.8) is 0 Å². The smallest absolute Gasteiger partial charge is 0.202 e. The van der Waals surface area contributed by atoms with Crippen molar-refractivity contribution in [3.8, 4) is 0 Å². The molecular weight excluding hydrogens is 284 g/mol. The maximum Gasteiger partial charge on any atom is 0.202 e. The molecule has 2 aromatic rings. The summed E-state index contributed by atoms with van der Waals surface area (Å²) in [6, 6.07) is 11.6. The van der Waals surface area contributed by atoms with E-state index in [0.717, 1.165) is 15.3 Å². The Bertz CT molecular complexity index is 622.